The van der Waals surface area contributed by atoms with E-state index < -0.39 is 0 Å². The third-order valence-electron chi connectivity index (χ3n) is 4.75. The molecule has 3 heteroatoms. The van der Waals surface area contributed by atoms with Crippen LogP contribution in [0.1, 0.15) is 31.4 Å². The van der Waals surface area contributed by atoms with E-state index in [-0.39, 0.29) is 0 Å². The van der Waals surface area contributed by atoms with E-state index in [0.717, 1.165) is 32.2 Å². The summed E-state index contributed by atoms with van der Waals surface area (Å²) < 4.78 is 5.48. The van der Waals surface area contributed by atoms with Crippen molar-refractivity contribution in [2.45, 2.75) is 31.8 Å². The van der Waals surface area contributed by atoms with Crippen LogP contribution in [0.5, 0.6) is 0 Å². The van der Waals surface area contributed by atoms with Crippen molar-refractivity contribution >= 4 is 0 Å². The van der Waals surface area contributed by atoms with E-state index in [0.29, 0.717) is 12.1 Å². The van der Waals surface area contributed by atoms with Crippen LogP contribution in [0.15, 0.2) is 30.3 Å². The second-order valence-corrected chi connectivity index (χ2v) is 6.23. The zero-order valence-electron chi connectivity index (χ0n) is 12.4. The van der Waals surface area contributed by atoms with Crippen molar-refractivity contribution < 1.29 is 4.74 Å². The third-order valence-corrected chi connectivity index (χ3v) is 4.75. The van der Waals surface area contributed by atoms with E-state index in [9.17, 15) is 0 Å². The highest BCUT2D eigenvalue weighted by molar-refractivity contribution is 5.20. The van der Waals surface area contributed by atoms with E-state index in [1.165, 1.54) is 24.9 Å². The van der Waals surface area contributed by atoms with Crippen LogP contribution in [0.25, 0.3) is 0 Å². The van der Waals surface area contributed by atoms with Gasteiger partial charge in [0.15, 0.2) is 0 Å². The van der Waals surface area contributed by atoms with Gasteiger partial charge in [-0.15, -0.1) is 0 Å². The monoisotopic (exact) mass is 274 g/mol. The van der Waals surface area contributed by atoms with Gasteiger partial charge in [-0.25, -0.2) is 0 Å². The van der Waals surface area contributed by atoms with Gasteiger partial charge in [-0.1, -0.05) is 30.3 Å². The molecule has 110 valence electrons. The number of nitrogens with zero attached hydrogens (tertiary/aromatic N) is 1. The lowest BCUT2D eigenvalue weighted by molar-refractivity contribution is 0.127. The van der Waals surface area contributed by atoms with Gasteiger partial charge in [-0.3, -0.25) is 4.90 Å². The zero-order valence-corrected chi connectivity index (χ0v) is 12.4. The van der Waals surface area contributed by atoms with Crippen LogP contribution in [-0.4, -0.2) is 43.8 Å². The molecule has 3 rings (SSSR count). The van der Waals surface area contributed by atoms with Crippen molar-refractivity contribution in [2.24, 2.45) is 5.92 Å². The van der Waals surface area contributed by atoms with Gasteiger partial charge >= 0.3 is 0 Å². The molecule has 2 fully saturated rings. The minimum atomic E-state index is 0.479. The van der Waals surface area contributed by atoms with Gasteiger partial charge < -0.3 is 10.1 Å². The molecule has 2 saturated heterocycles. The maximum atomic E-state index is 5.48. The van der Waals surface area contributed by atoms with Crippen LogP contribution in [0.2, 0.25) is 0 Å². The number of piperazine rings is 1. The summed E-state index contributed by atoms with van der Waals surface area (Å²) in [5, 5.41) is 3.68. The minimum absolute atomic E-state index is 0.479. The topological polar surface area (TPSA) is 24.5 Å². The molecule has 0 saturated carbocycles. The maximum absolute atomic E-state index is 5.48. The highest BCUT2D eigenvalue weighted by atomic mass is 16.5. The van der Waals surface area contributed by atoms with Crippen LogP contribution < -0.4 is 5.32 Å². The maximum Gasteiger partial charge on any atom is 0.0495 e. The lowest BCUT2D eigenvalue weighted by Gasteiger charge is -2.39. The Balaban J connectivity index is 1.55. The van der Waals surface area contributed by atoms with Crippen molar-refractivity contribution in [3.8, 4) is 0 Å². The van der Waals surface area contributed by atoms with Crippen molar-refractivity contribution in [3.05, 3.63) is 35.9 Å². The van der Waals surface area contributed by atoms with Crippen LogP contribution in [0.3, 0.4) is 0 Å². The summed E-state index contributed by atoms with van der Waals surface area (Å²) in [5.74, 6) is 0.785. The van der Waals surface area contributed by atoms with Crippen molar-refractivity contribution in [1.29, 1.82) is 0 Å². The van der Waals surface area contributed by atoms with Gasteiger partial charge in [0, 0.05) is 38.4 Å². The number of ether oxygens (including phenoxy) is 1. The number of nitrogens with one attached hydrogen (secondary N) is 1. The van der Waals surface area contributed by atoms with Crippen LogP contribution in [-0.2, 0) is 4.74 Å². The molecule has 1 aromatic carbocycles. The second kappa shape index (κ2) is 6.70. The van der Waals surface area contributed by atoms with E-state index in [4.69, 9.17) is 4.74 Å². The van der Waals surface area contributed by atoms with Crippen LogP contribution >= 0.6 is 0 Å². The fourth-order valence-electron chi connectivity index (χ4n) is 3.30. The molecule has 0 amide bonds. The molecule has 0 aromatic heterocycles. The van der Waals surface area contributed by atoms with Crippen LogP contribution in [0.4, 0.5) is 0 Å². The summed E-state index contributed by atoms with van der Waals surface area (Å²) in [6.45, 7) is 7.69. The molecule has 0 aliphatic carbocycles. The van der Waals surface area contributed by atoms with E-state index >= 15 is 0 Å². The fraction of sp³-hybridized carbons (Fsp3) is 0.647. The summed E-state index contributed by atoms with van der Waals surface area (Å²) in [6.07, 6.45) is 2.54. The van der Waals surface area contributed by atoms with Gasteiger partial charge in [0.05, 0.1) is 0 Å². The number of hydrogen-bond donors (Lipinski definition) is 1. The molecule has 2 heterocycles. The van der Waals surface area contributed by atoms with Gasteiger partial charge in [0.1, 0.15) is 0 Å². The van der Waals surface area contributed by atoms with E-state index in [1.807, 2.05) is 0 Å². The summed E-state index contributed by atoms with van der Waals surface area (Å²) in [4.78, 5) is 2.65. The first-order valence-electron chi connectivity index (χ1n) is 7.93. The van der Waals surface area contributed by atoms with Crippen molar-refractivity contribution in [2.75, 3.05) is 32.8 Å². The standard InChI is InChI=1S/C17H26N2O/c1-14-11-18-17(16-5-3-2-4-6-16)12-19(14)9-7-15-8-10-20-13-15/h2-6,14-15,17-18H,7-13H2,1H3. The van der Waals surface area contributed by atoms with Crippen molar-refractivity contribution in [3.63, 3.8) is 0 Å². The highest BCUT2D eigenvalue weighted by Crippen LogP contribution is 2.22. The predicted octanol–water partition coefficient (Wildman–Crippen LogP) is 2.45. The lowest BCUT2D eigenvalue weighted by Crippen LogP contribution is -2.51. The normalized spacial score (nSPS) is 31.6. The SMILES string of the molecule is CC1CNC(c2ccccc2)CN1CCC1CCOC1. The molecule has 1 aromatic rings. The largest absolute Gasteiger partial charge is 0.381 e. The highest BCUT2D eigenvalue weighted by Gasteiger charge is 2.26. The summed E-state index contributed by atoms with van der Waals surface area (Å²) in [5.41, 5.74) is 1.41. The van der Waals surface area contributed by atoms with Crippen molar-refractivity contribution in [1.82, 2.24) is 10.2 Å². The summed E-state index contributed by atoms with van der Waals surface area (Å²) in [6, 6.07) is 11.9. The Bertz CT molecular complexity index is 403. The number of hydrogen-bond acceptors (Lipinski definition) is 3. The average Bonchev–Trinajstić information content (AvgIpc) is 3.01. The zero-order chi connectivity index (χ0) is 13.8. The first kappa shape index (κ1) is 14.1. The molecule has 0 radical (unpaired) electrons. The minimum Gasteiger partial charge on any atom is -0.381 e. The predicted molar refractivity (Wildman–Crippen MR) is 81.8 cm³/mol. The summed E-state index contributed by atoms with van der Waals surface area (Å²) >= 11 is 0. The molecule has 3 unspecified atom stereocenters. The molecule has 20 heavy (non-hydrogen) atoms. The number of rotatable bonds is 4. The summed E-state index contributed by atoms with van der Waals surface area (Å²) in [7, 11) is 0. The quantitative estimate of drug-likeness (QED) is 0.913. The van der Waals surface area contributed by atoms with Crippen LogP contribution in [0, 0.1) is 5.92 Å². The number of benzene rings is 1. The van der Waals surface area contributed by atoms with Gasteiger partial charge in [-0.05, 0) is 37.8 Å². The molecular formula is C17H26N2O. The average molecular weight is 274 g/mol. The Morgan fingerprint density at radius 1 is 1.30 bits per heavy atom. The van der Waals surface area contributed by atoms with E-state index in [1.54, 1.807) is 0 Å². The Hall–Kier alpha value is -0.900. The third kappa shape index (κ3) is 3.40. The van der Waals surface area contributed by atoms with Gasteiger partial charge in [-0.2, -0.15) is 0 Å². The van der Waals surface area contributed by atoms with Gasteiger partial charge in [0.25, 0.3) is 0 Å². The Kier molecular flexibility index (Phi) is 4.71. The molecule has 0 spiro atoms. The Morgan fingerprint density at radius 2 is 2.15 bits per heavy atom. The molecule has 3 atom stereocenters. The van der Waals surface area contributed by atoms with Gasteiger partial charge in [0.2, 0.25) is 0 Å². The molecule has 3 nitrogen and oxygen atoms in total. The Labute approximate surface area is 122 Å². The first-order valence-corrected chi connectivity index (χ1v) is 7.93. The Morgan fingerprint density at radius 3 is 2.90 bits per heavy atom. The molecule has 1 N–H and O–H groups in total. The fourth-order valence-corrected chi connectivity index (χ4v) is 3.30. The smallest absolute Gasteiger partial charge is 0.0495 e. The lowest BCUT2D eigenvalue weighted by atomic mass is 10.00. The molecule has 0 bridgehead atoms. The molecule has 2 aliphatic heterocycles. The van der Waals surface area contributed by atoms with E-state index in [2.05, 4.69) is 47.5 Å². The second-order valence-electron chi connectivity index (χ2n) is 6.23. The molecule has 2 aliphatic rings. The first-order chi connectivity index (χ1) is 9.83. The molecular weight excluding hydrogens is 248 g/mol.